The van der Waals surface area contributed by atoms with Crippen LogP contribution in [0, 0.1) is 0 Å². The zero-order valence-electron chi connectivity index (χ0n) is 11.2. The molecular weight excluding hydrogens is 224 g/mol. The third-order valence-corrected chi connectivity index (χ3v) is 3.97. The van der Waals surface area contributed by atoms with E-state index in [-0.39, 0.29) is 6.54 Å². The Labute approximate surface area is 110 Å². The van der Waals surface area contributed by atoms with E-state index in [1.807, 2.05) is 12.1 Å². The minimum absolute atomic E-state index is 0.285. The van der Waals surface area contributed by atoms with Gasteiger partial charge in [-0.15, -0.1) is 0 Å². The fourth-order valence-corrected chi connectivity index (χ4v) is 2.70. The number of hydrogen-bond acceptors (Lipinski definition) is 3. The van der Waals surface area contributed by atoms with E-state index < -0.39 is 6.10 Å². The Morgan fingerprint density at radius 2 is 2.00 bits per heavy atom. The maximum Gasteiger partial charge on any atom is 0.0912 e. The van der Waals surface area contributed by atoms with Crippen molar-refractivity contribution in [1.29, 1.82) is 0 Å². The van der Waals surface area contributed by atoms with E-state index in [2.05, 4.69) is 24.1 Å². The molecule has 1 aromatic carbocycles. The fraction of sp³-hybridized carbons (Fsp3) is 0.600. The van der Waals surface area contributed by atoms with Crippen LogP contribution in [0.3, 0.4) is 0 Å². The molecule has 0 amide bonds. The van der Waals surface area contributed by atoms with Gasteiger partial charge in [-0.3, -0.25) is 0 Å². The number of likely N-dealkylation sites (tertiary alicyclic amines) is 1. The summed E-state index contributed by atoms with van der Waals surface area (Å²) in [5.74, 6) is 0.666. The molecular formula is C15H24N2O. The molecule has 100 valence electrons. The molecule has 3 N–H and O–H groups in total. The predicted octanol–water partition coefficient (Wildman–Crippen LogP) is 1.88. The van der Waals surface area contributed by atoms with Crippen molar-refractivity contribution in [3.8, 4) is 0 Å². The summed E-state index contributed by atoms with van der Waals surface area (Å²) in [4.78, 5) is 2.41. The van der Waals surface area contributed by atoms with Crippen molar-refractivity contribution < 1.29 is 5.11 Å². The third kappa shape index (κ3) is 3.31. The minimum Gasteiger partial charge on any atom is -0.387 e. The Hall–Kier alpha value is -0.900. The van der Waals surface area contributed by atoms with Crippen LogP contribution in [0.1, 0.15) is 42.4 Å². The van der Waals surface area contributed by atoms with E-state index in [1.54, 1.807) is 0 Å². The molecule has 1 aromatic rings. The van der Waals surface area contributed by atoms with Crippen molar-refractivity contribution in [1.82, 2.24) is 4.90 Å². The van der Waals surface area contributed by atoms with Crippen molar-refractivity contribution in [2.75, 3.05) is 26.7 Å². The Balaban J connectivity index is 2.04. The summed E-state index contributed by atoms with van der Waals surface area (Å²) in [6.45, 7) is 2.67. The molecule has 1 saturated heterocycles. The summed E-state index contributed by atoms with van der Waals surface area (Å²) in [5, 5.41) is 9.68. The van der Waals surface area contributed by atoms with Gasteiger partial charge in [0.05, 0.1) is 6.10 Å². The minimum atomic E-state index is -0.528. The highest BCUT2D eigenvalue weighted by molar-refractivity contribution is 5.27. The molecule has 1 aliphatic heterocycles. The van der Waals surface area contributed by atoms with E-state index in [4.69, 9.17) is 5.73 Å². The lowest BCUT2D eigenvalue weighted by molar-refractivity contribution is 0.186. The van der Waals surface area contributed by atoms with Crippen LogP contribution in [0.4, 0.5) is 0 Å². The van der Waals surface area contributed by atoms with E-state index in [0.29, 0.717) is 5.92 Å². The molecule has 1 heterocycles. The molecule has 0 radical (unpaired) electrons. The highest BCUT2D eigenvalue weighted by Gasteiger charge is 2.16. The first-order valence-electron chi connectivity index (χ1n) is 6.87. The number of rotatable bonds is 3. The highest BCUT2D eigenvalue weighted by Crippen LogP contribution is 2.28. The zero-order valence-corrected chi connectivity index (χ0v) is 11.2. The molecule has 1 fully saturated rings. The molecule has 3 heteroatoms. The van der Waals surface area contributed by atoms with Crippen molar-refractivity contribution in [3.63, 3.8) is 0 Å². The van der Waals surface area contributed by atoms with Crippen LogP contribution in [0.25, 0.3) is 0 Å². The monoisotopic (exact) mass is 248 g/mol. The van der Waals surface area contributed by atoms with Crippen LogP contribution in [-0.4, -0.2) is 36.7 Å². The van der Waals surface area contributed by atoms with Crippen LogP contribution >= 0.6 is 0 Å². The maximum absolute atomic E-state index is 9.68. The molecule has 0 aromatic heterocycles. The second kappa shape index (κ2) is 6.32. The van der Waals surface area contributed by atoms with Gasteiger partial charge in [0.25, 0.3) is 0 Å². The van der Waals surface area contributed by atoms with Gasteiger partial charge in [0, 0.05) is 6.54 Å². The predicted molar refractivity (Wildman–Crippen MR) is 74.5 cm³/mol. The molecule has 0 aliphatic carbocycles. The highest BCUT2D eigenvalue weighted by atomic mass is 16.3. The number of nitrogens with two attached hydrogens (primary N) is 1. The standard InChI is InChI=1S/C15H24N2O/c1-17-9-2-3-12(8-10-17)13-4-6-14(7-5-13)15(18)11-16/h4-7,12,15,18H,2-3,8-11,16H2,1H3. The van der Waals surface area contributed by atoms with E-state index >= 15 is 0 Å². The van der Waals surface area contributed by atoms with E-state index in [9.17, 15) is 5.11 Å². The van der Waals surface area contributed by atoms with Crippen LogP contribution in [-0.2, 0) is 0 Å². The topological polar surface area (TPSA) is 49.5 Å². The molecule has 2 rings (SSSR count). The number of hydrogen-bond donors (Lipinski definition) is 2. The van der Waals surface area contributed by atoms with Crippen LogP contribution in [0.5, 0.6) is 0 Å². The summed E-state index contributed by atoms with van der Waals surface area (Å²) in [6.07, 6.45) is 3.24. The van der Waals surface area contributed by atoms with Crippen molar-refractivity contribution in [2.24, 2.45) is 5.73 Å². The fourth-order valence-electron chi connectivity index (χ4n) is 2.70. The first-order valence-corrected chi connectivity index (χ1v) is 6.87. The summed E-state index contributed by atoms with van der Waals surface area (Å²) >= 11 is 0. The Morgan fingerprint density at radius 3 is 2.67 bits per heavy atom. The van der Waals surface area contributed by atoms with E-state index in [1.165, 1.54) is 37.9 Å². The zero-order chi connectivity index (χ0) is 13.0. The Morgan fingerprint density at radius 1 is 1.28 bits per heavy atom. The second-order valence-electron chi connectivity index (χ2n) is 5.35. The lowest BCUT2D eigenvalue weighted by atomic mass is 9.91. The summed E-state index contributed by atoms with van der Waals surface area (Å²) in [5.41, 5.74) is 7.79. The summed E-state index contributed by atoms with van der Waals surface area (Å²) < 4.78 is 0. The molecule has 0 bridgehead atoms. The van der Waals surface area contributed by atoms with Gasteiger partial charge in [-0.25, -0.2) is 0 Å². The normalized spacial score (nSPS) is 23.6. The Kier molecular flexibility index (Phi) is 4.75. The Bertz CT molecular complexity index is 363. The van der Waals surface area contributed by atoms with Gasteiger partial charge in [-0.2, -0.15) is 0 Å². The molecule has 0 saturated carbocycles. The van der Waals surface area contributed by atoms with Crippen LogP contribution < -0.4 is 5.73 Å². The summed E-state index contributed by atoms with van der Waals surface area (Å²) in [6, 6.07) is 8.34. The average Bonchev–Trinajstić information content (AvgIpc) is 2.63. The van der Waals surface area contributed by atoms with Crippen molar-refractivity contribution >= 4 is 0 Å². The second-order valence-corrected chi connectivity index (χ2v) is 5.35. The quantitative estimate of drug-likeness (QED) is 0.858. The SMILES string of the molecule is CN1CCCC(c2ccc(C(O)CN)cc2)CC1. The first-order chi connectivity index (χ1) is 8.70. The number of nitrogens with zero attached hydrogens (tertiary/aromatic N) is 1. The van der Waals surface area contributed by atoms with Gasteiger partial charge in [0.15, 0.2) is 0 Å². The van der Waals surface area contributed by atoms with E-state index in [0.717, 1.165) is 5.56 Å². The molecule has 1 aliphatic rings. The van der Waals surface area contributed by atoms with Gasteiger partial charge in [0.1, 0.15) is 0 Å². The van der Waals surface area contributed by atoms with Crippen LogP contribution in [0.2, 0.25) is 0 Å². The third-order valence-electron chi connectivity index (χ3n) is 3.97. The van der Waals surface area contributed by atoms with Crippen molar-refractivity contribution in [2.45, 2.75) is 31.3 Å². The molecule has 2 atom stereocenters. The maximum atomic E-state index is 9.68. The smallest absolute Gasteiger partial charge is 0.0912 e. The number of aliphatic hydroxyl groups is 1. The number of aliphatic hydroxyl groups excluding tert-OH is 1. The molecule has 18 heavy (non-hydrogen) atoms. The summed E-state index contributed by atoms with van der Waals surface area (Å²) in [7, 11) is 2.20. The van der Waals surface area contributed by atoms with Gasteiger partial charge in [0.2, 0.25) is 0 Å². The number of benzene rings is 1. The lowest BCUT2D eigenvalue weighted by Crippen LogP contribution is -2.18. The lowest BCUT2D eigenvalue weighted by Gasteiger charge is -2.16. The van der Waals surface area contributed by atoms with Gasteiger partial charge in [-0.05, 0) is 56.4 Å². The van der Waals surface area contributed by atoms with Crippen molar-refractivity contribution in [3.05, 3.63) is 35.4 Å². The van der Waals surface area contributed by atoms with Gasteiger partial charge >= 0.3 is 0 Å². The molecule has 0 spiro atoms. The first kappa shape index (κ1) is 13.5. The molecule has 2 unspecified atom stereocenters. The van der Waals surface area contributed by atoms with Gasteiger partial charge < -0.3 is 15.7 Å². The largest absolute Gasteiger partial charge is 0.387 e. The van der Waals surface area contributed by atoms with Crippen LogP contribution in [0.15, 0.2) is 24.3 Å². The molecule has 3 nitrogen and oxygen atoms in total. The average molecular weight is 248 g/mol. The van der Waals surface area contributed by atoms with Gasteiger partial charge in [-0.1, -0.05) is 24.3 Å².